The van der Waals surface area contributed by atoms with E-state index in [-0.39, 0.29) is 11.5 Å². The first-order chi connectivity index (χ1) is 13.2. The third kappa shape index (κ3) is 3.62. The molecular formula is C23H25NO3. The number of likely N-dealkylation sites (tertiary alicyclic amines) is 1. The summed E-state index contributed by atoms with van der Waals surface area (Å²) in [5.74, 6) is 0.751. The van der Waals surface area contributed by atoms with Gasteiger partial charge in [-0.3, -0.25) is 9.69 Å². The molecule has 2 aromatic rings. The third-order valence-corrected chi connectivity index (χ3v) is 5.51. The first-order valence-electron chi connectivity index (χ1n) is 9.61. The Balaban J connectivity index is 1.65. The molecule has 1 heterocycles. The smallest absolute Gasteiger partial charge is 0.189 e. The van der Waals surface area contributed by atoms with Crippen LogP contribution < -0.4 is 4.74 Å². The van der Waals surface area contributed by atoms with Crippen LogP contribution in [0.5, 0.6) is 11.5 Å². The molecule has 0 saturated carbocycles. The van der Waals surface area contributed by atoms with E-state index >= 15 is 0 Å². The molecule has 1 N–H and O–H groups in total. The molecule has 0 radical (unpaired) electrons. The minimum atomic E-state index is 0.0928. The van der Waals surface area contributed by atoms with Gasteiger partial charge in [-0.2, -0.15) is 0 Å². The number of Topliss-reactive ketones (excluding diaryl/α,β-unsaturated/α-hetero) is 1. The van der Waals surface area contributed by atoms with Crippen molar-refractivity contribution in [2.24, 2.45) is 0 Å². The molecule has 27 heavy (non-hydrogen) atoms. The second kappa shape index (κ2) is 7.57. The highest BCUT2D eigenvalue weighted by atomic mass is 16.5. The standard InChI is InChI=1S/C23H25NO3/c1-27-21-13-16(11-18-14-17-7-3-4-8-20(17)22(18)25)12-19(23(21)26)15-24-9-5-2-6-10-24/h3-4,7-8,11-13,26H,2,5-6,9-10,14-15H2,1H3/b18-11+. The molecule has 1 aliphatic heterocycles. The lowest BCUT2D eigenvalue weighted by Gasteiger charge is -2.27. The molecule has 1 saturated heterocycles. The van der Waals surface area contributed by atoms with E-state index in [0.717, 1.165) is 40.9 Å². The molecule has 4 rings (SSSR count). The van der Waals surface area contributed by atoms with Gasteiger partial charge in [0.2, 0.25) is 0 Å². The molecule has 1 fully saturated rings. The number of hydrogen-bond donors (Lipinski definition) is 1. The fourth-order valence-electron chi connectivity index (χ4n) is 4.08. The number of aromatic hydroxyl groups is 1. The van der Waals surface area contributed by atoms with Crippen molar-refractivity contribution in [2.45, 2.75) is 32.2 Å². The Hall–Kier alpha value is -2.59. The molecule has 140 valence electrons. The van der Waals surface area contributed by atoms with Crippen molar-refractivity contribution in [3.8, 4) is 11.5 Å². The Labute approximate surface area is 160 Å². The van der Waals surface area contributed by atoms with Crippen LogP contribution in [-0.4, -0.2) is 36.0 Å². The molecule has 1 aliphatic carbocycles. The SMILES string of the molecule is COc1cc(/C=C2\Cc3ccccc3C2=O)cc(CN2CCCCC2)c1O. The summed E-state index contributed by atoms with van der Waals surface area (Å²) >= 11 is 0. The van der Waals surface area contributed by atoms with Gasteiger partial charge >= 0.3 is 0 Å². The maximum Gasteiger partial charge on any atom is 0.189 e. The lowest BCUT2D eigenvalue weighted by atomic mass is 10.0. The van der Waals surface area contributed by atoms with Gasteiger partial charge in [-0.05, 0) is 55.3 Å². The summed E-state index contributed by atoms with van der Waals surface area (Å²) in [6, 6.07) is 11.5. The van der Waals surface area contributed by atoms with Crippen LogP contribution in [0.2, 0.25) is 0 Å². The van der Waals surface area contributed by atoms with Crippen molar-refractivity contribution in [3.05, 3.63) is 64.2 Å². The Bertz CT molecular complexity index is 894. The number of carbonyl (C=O) groups is 1. The number of methoxy groups -OCH3 is 1. The Morgan fingerprint density at radius 2 is 1.93 bits per heavy atom. The molecule has 4 heteroatoms. The summed E-state index contributed by atoms with van der Waals surface area (Å²) in [4.78, 5) is 15.0. The van der Waals surface area contributed by atoms with E-state index in [1.807, 2.05) is 36.4 Å². The monoisotopic (exact) mass is 363 g/mol. The molecule has 2 aliphatic rings. The number of nitrogens with zero attached hydrogens (tertiary/aromatic N) is 1. The van der Waals surface area contributed by atoms with Gasteiger partial charge in [-0.25, -0.2) is 0 Å². The highest BCUT2D eigenvalue weighted by Crippen LogP contribution is 2.35. The molecule has 0 aromatic heterocycles. The van der Waals surface area contributed by atoms with Crippen molar-refractivity contribution < 1.29 is 14.6 Å². The Morgan fingerprint density at radius 3 is 2.67 bits per heavy atom. The second-order valence-electron chi connectivity index (χ2n) is 7.40. The van der Waals surface area contributed by atoms with Gasteiger partial charge in [-0.1, -0.05) is 30.7 Å². The number of ketones is 1. The van der Waals surface area contributed by atoms with Gasteiger partial charge in [-0.15, -0.1) is 0 Å². The molecule has 2 aromatic carbocycles. The van der Waals surface area contributed by atoms with E-state index in [9.17, 15) is 9.90 Å². The van der Waals surface area contributed by atoms with Crippen LogP contribution in [0.25, 0.3) is 6.08 Å². The Morgan fingerprint density at radius 1 is 1.15 bits per heavy atom. The van der Waals surface area contributed by atoms with Crippen LogP contribution in [0.15, 0.2) is 42.0 Å². The molecule has 4 nitrogen and oxygen atoms in total. The number of allylic oxidation sites excluding steroid dienone is 1. The van der Waals surface area contributed by atoms with Crippen LogP contribution in [-0.2, 0) is 13.0 Å². The number of rotatable bonds is 4. The lowest BCUT2D eigenvalue weighted by molar-refractivity contribution is 0.104. The minimum absolute atomic E-state index is 0.0928. The van der Waals surface area contributed by atoms with Crippen molar-refractivity contribution >= 4 is 11.9 Å². The van der Waals surface area contributed by atoms with E-state index in [1.165, 1.54) is 19.3 Å². The second-order valence-corrected chi connectivity index (χ2v) is 7.40. The largest absolute Gasteiger partial charge is 0.504 e. The van der Waals surface area contributed by atoms with Gasteiger partial charge in [0.05, 0.1) is 7.11 Å². The quantitative estimate of drug-likeness (QED) is 0.827. The number of benzene rings is 2. The van der Waals surface area contributed by atoms with E-state index in [0.29, 0.717) is 18.7 Å². The van der Waals surface area contributed by atoms with E-state index in [1.54, 1.807) is 13.2 Å². The van der Waals surface area contributed by atoms with Crippen molar-refractivity contribution in [2.75, 3.05) is 20.2 Å². The van der Waals surface area contributed by atoms with Crippen LogP contribution >= 0.6 is 0 Å². The number of hydrogen-bond acceptors (Lipinski definition) is 4. The van der Waals surface area contributed by atoms with Crippen LogP contribution in [0.3, 0.4) is 0 Å². The van der Waals surface area contributed by atoms with E-state index in [4.69, 9.17) is 4.74 Å². The fraction of sp³-hybridized carbons (Fsp3) is 0.348. The van der Waals surface area contributed by atoms with E-state index in [2.05, 4.69) is 4.90 Å². The zero-order valence-electron chi connectivity index (χ0n) is 15.7. The zero-order valence-corrected chi connectivity index (χ0v) is 15.7. The normalized spacial score (nSPS) is 18.7. The molecular weight excluding hydrogens is 338 g/mol. The van der Waals surface area contributed by atoms with Gasteiger partial charge in [0.25, 0.3) is 0 Å². The average Bonchev–Trinajstić information content (AvgIpc) is 3.01. The predicted molar refractivity (Wildman–Crippen MR) is 106 cm³/mol. The molecule has 0 atom stereocenters. The highest BCUT2D eigenvalue weighted by Gasteiger charge is 2.24. The van der Waals surface area contributed by atoms with Crippen molar-refractivity contribution in [1.29, 1.82) is 0 Å². The third-order valence-electron chi connectivity index (χ3n) is 5.51. The summed E-state index contributed by atoms with van der Waals surface area (Å²) in [6.07, 6.45) is 6.27. The first kappa shape index (κ1) is 17.8. The summed E-state index contributed by atoms with van der Waals surface area (Å²) in [7, 11) is 1.56. The van der Waals surface area contributed by atoms with Gasteiger partial charge < -0.3 is 9.84 Å². The van der Waals surface area contributed by atoms with Gasteiger partial charge in [0.15, 0.2) is 17.3 Å². The van der Waals surface area contributed by atoms with Crippen LogP contribution in [0, 0.1) is 0 Å². The molecule has 0 bridgehead atoms. The maximum atomic E-state index is 12.7. The summed E-state index contributed by atoms with van der Waals surface area (Å²) in [5.41, 5.74) is 4.41. The number of fused-ring (bicyclic) bond motifs is 1. The molecule has 0 amide bonds. The lowest BCUT2D eigenvalue weighted by Crippen LogP contribution is -2.29. The average molecular weight is 363 g/mol. The summed E-state index contributed by atoms with van der Waals surface area (Å²) in [6.45, 7) is 2.81. The van der Waals surface area contributed by atoms with Gasteiger partial charge in [0.1, 0.15) is 0 Å². The summed E-state index contributed by atoms with van der Waals surface area (Å²) in [5, 5.41) is 10.6. The first-order valence-corrected chi connectivity index (χ1v) is 9.61. The zero-order chi connectivity index (χ0) is 18.8. The topological polar surface area (TPSA) is 49.8 Å². The van der Waals surface area contributed by atoms with Crippen molar-refractivity contribution in [1.82, 2.24) is 4.90 Å². The number of piperidine rings is 1. The van der Waals surface area contributed by atoms with Crippen LogP contribution in [0.1, 0.15) is 46.3 Å². The number of carbonyl (C=O) groups excluding carboxylic acids is 1. The minimum Gasteiger partial charge on any atom is -0.504 e. The Kier molecular flexibility index (Phi) is 4.99. The van der Waals surface area contributed by atoms with Crippen molar-refractivity contribution in [3.63, 3.8) is 0 Å². The summed E-state index contributed by atoms with van der Waals surface area (Å²) < 4.78 is 5.39. The number of phenolic OH excluding ortho intramolecular Hbond substituents is 1. The number of ether oxygens (including phenoxy) is 1. The highest BCUT2D eigenvalue weighted by molar-refractivity contribution is 6.15. The number of phenols is 1. The predicted octanol–water partition coefficient (Wildman–Crippen LogP) is 4.21. The fourth-order valence-corrected chi connectivity index (χ4v) is 4.08. The maximum absolute atomic E-state index is 12.7. The van der Waals surface area contributed by atoms with E-state index < -0.39 is 0 Å². The molecule has 0 spiro atoms. The van der Waals surface area contributed by atoms with Gasteiger partial charge in [0, 0.05) is 29.7 Å². The van der Waals surface area contributed by atoms with Crippen LogP contribution in [0.4, 0.5) is 0 Å². The molecule has 0 unspecified atom stereocenters.